The normalized spacial score (nSPS) is 14.2. The van der Waals surface area contributed by atoms with Crippen molar-refractivity contribution in [2.75, 3.05) is 13.7 Å². The van der Waals surface area contributed by atoms with Gasteiger partial charge in [-0.15, -0.1) is 0 Å². The lowest BCUT2D eigenvalue weighted by molar-refractivity contribution is 0.232. The monoisotopic (exact) mass is 839 g/mol. The van der Waals surface area contributed by atoms with Crippen molar-refractivity contribution >= 4 is 17.2 Å². The van der Waals surface area contributed by atoms with Crippen molar-refractivity contribution in [2.45, 2.75) is 196 Å². The molecule has 0 aliphatic heterocycles. The van der Waals surface area contributed by atoms with E-state index < -0.39 is 0 Å². The Morgan fingerprint density at radius 1 is 0.645 bits per heavy atom. The van der Waals surface area contributed by atoms with Gasteiger partial charge in [-0.05, 0) is 87.6 Å². The molecule has 0 N–H and O–H groups in total. The van der Waals surface area contributed by atoms with Gasteiger partial charge in [0.2, 0.25) is 0 Å². The van der Waals surface area contributed by atoms with Crippen LogP contribution in [0.1, 0.15) is 218 Å². The van der Waals surface area contributed by atoms with Crippen LogP contribution >= 0.6 is 0 Å². The van der Waals surface area contributed by atoms with Crippen LogP contribution < -0.4 is 9.47 Å². The molecule has 0 amide bonds. The molecule has 0 radical (unpaired) electrons. The zero-order chi connectivity index (χ0) is 45.3. The molecular formula is C58H82N2O2. The fraction of sp³-hybridized carbons (Fsp3) is 0.586. The van der Waals surface area contributed by atoms with Crippen molar-refractivity contribution in [3.63, 3.8) is 0 Å². The molecule has 0 spiro atoms. The largest absolute Gasteiger partial charge is 0.496 e. The van der Waals surface area contributed by atoms with E-state index in [2.05, 4.69) is 118 Å². The van der Waals surface area contributed by atoms with Gasteiger partial charge in [0.25, 0.3) is 0 Å². The summed E-state index contributed by atoms with van der Waals surface area (Å²) in [4.78, 5) is 0. The molecule has 0 bridgehead atoms. The summed E-state index contributed by atoms with van der Waals surface area (Å²) in [5.41, 5.74) is 10.2. The van der Waals surface area contributed by atoms with Crippen LogP contribution in [0.5, 0.6) is 11.5 Å². The Kier molecular flexibility index (Phi) is 19.5. The first-order valence-corrected chi connectivity index (χ1v) is 24.6. The third kappa shape index (κ3) is 13.4. The summed E-state index contributed by atoms with van der Waals surface area (Å²) in [6, 6.07) is 23.1. The Labute approximate surface area is 379 Å². The molecule has 4 nitrogen and oxygen atoms in total. The number of methoxy groups -OCH3 is 1. The quantitative estimate of drug-likeness (QED) is 0.0484. The molecule has 4 heteroatoms. The van der Waals surface area contributed by atoms with E-state index in [1.165, 1.54) is 105 Å². The second kappa shape index (κ2) is 24.0. The summed E-state index contributed by atoms with van der Waals surface area (Å²) < 4.78 is 12.7. The molecule has 1 aliphatic carbocycles. The number of nitriles is 2. The van der Waals surface area contributed by atoms with Crippen molar-refractivity contribution in [2.24, 2.45) is 11.3 Å². The Morgan fingerprint density at radius 3 is 1.71 bits per heavy atom. The molecule has 0 fully saturated rings. The second-order valence-electron chi connectivity index (χ2n) is 20.4. The van der Waals surface area contributed by atoms with Crippen LogP contribution in [0.15, 0.2) is 54.6 Å². The molecule has 4 rings (SSSR count). The molecule has 1 atom stereocenters. The minimum absolute atomic E-state index is 0.0477. The number of benzene rings is 3. The maximum Gasteiger partial charge on any atom is 0.128 e. The van der Waals surface area contributed by atoms with Crippen LogP contribution in [-0.2, 0) is 10.8 Å². The summed E-state index contributed by atoms with van der Waals surface area (Å²) in [6.45, 7) is 22.9. The number of unbranched alkanes of at least 4 members (excludes halogenated alkanes) is 11. The van der Waals surface area contributed by atoms with E-state index in [0.717, 1.165) is 44.1 Å². The molecule has 1 aliphatic rings. The highest BCUT2D eigenvalue weighted by Crippen LogP contribution is 2.55. The molecule has 0 aromatic heterocycles. The zero-order valence-corrected chi connectivity index (χ0v) is 41.0. The predicted molar refractivity (Wildman–Crippen MR) is 266 cm³/mol. The van der Waals surface area contributed by atoms with Crippen LogP contribution in [0.25, 0.3) is 28.3 Å². The fourth-order valence-corrected chi connectivity index (χ4v) is 9.46. The fourth-order valence-electron chi connectivity index (χ4n) is 9.46. The highest BCUT2D eigenvalue weighted by Gasteiger charge is 2.43. The Hall–Kier alpha value is -4.28. The average Bonchev–Trinajstić information content (AvgIpc) is 3.51. The molecule has 0 saturated heterocycles. The van der Waals surface area contributed by atoms with Gasteiger partial charge in [0, 0.05) is 16.5 Å². The minimum Gasteiger partial charge on any atom is -0.496 e. The van der Waals surface area contributed by atoms with Crippen molar-refractivity contribution in [1.29, 1.82) is 10.5 Å². The van der Waals surface area contributed by atoms with E-state index in [0.29, 0.717) is 46.3 Å². The highest BCUT2D eigenvalue weighted by molar-refractivity contribution is 5.94. The van der Waals surface area contributed by atoms with Crippen LogP contribution in [0.4, 0.5) is 0 Å². The molecule has 3 aromatic rings. The Balaban J connectivity index is 1.90. The van der Waals surface area contributed by atoms with Gasteiger partial charge < -0.3 is 9.47 Å². The number of hydrogen-bond donors (Lipinski definition) is 0. The van der Waals surface area contributed by atoms with E-state index in [1.54, 1.807) is 7.11 Å². The number of nitrogens with zero attached hydrogens (tertiary/aromatic N) is 2. The lowest BCUT2D eigenvalue weighted by atomic mass is 9.69. The van der Waals surface area contributed by atoms with Gasteiger partial charge in [0.1, 0.15) is 11.5 Å². The Morgan fingerprint density at radius 2 is 1.18 bits per heavy atom. The van der Waals surface area contributed by atoms with Crippen molar-refractivity contribution < 1.29 is 9.47 Å². The third-order valence-electron chi connectivity index (χ3n) is 13.2. The summed E-state index contributed by atoms with van der Waals surface area (Å²) >= 11 is 0. The summed E-state index contributed by atoms with van der Waals surface area (Å²) in [7, 11) is 1.65. The third-order valence-corrected chi connectivity index (χ3v) is 13.2. The average molecular weight is 839 g/mol. The maximum absolute atomic E-state index is 11.0. The minimum atomic E-state index is -0.222. The maximum atomic E-state index is 11.0. The van der Waals surface area contributed by atoms with Crippen LogP contribution in [0.3, 0.4) is 0 Å². The summed E-state index contributed by atoms with van der Waals surface area (Å²) in [5, 5.41) is 21.4. The number of allylic oxidation sites excluding steroid dienone is 3. The van der Waals surface area contributed by atoms with Crippen molar-refractivity contribution in [3.8, 4) is 34.8 Å². The number of rotatable bonds is 25. The first-order valence-electron chi connectivity index (χ1n) is 24.6. The molecule has 62 heavy (non-hydrogen) atoms. The predicted octanol–water partition coefficient (Wildman–Crippen LogP) is 17.4. The number of ether oxygens (including phenoxy) is 2. The smallest absolute Gasteiger partial charge is 0.128 e. The van der Waals surface area contributed by atoms with Gasteiger partial charge in [-0.2, -0.15) is 10.5 Å². The number of hydrogen-bond acceptors (Lipinski definition) is 4. The van der Waals surface area contributed by atoms with E-state index in [9.17, 15) is 10.5 Å². The second-order valence-corrected chi connectivity index (χ2v) is 20.4. The standard InChI is InChI=1S/C58H82N2O2/c1-12-16-19-21-23-25-32-58(33-26-24-22-20-17-13-2)52-35-44(28-30-48(52)49-31-29-47(36-53(49)58)57(8,9)10)34-45(40-59)50-38-55(62-42-43(15-4)27-18-14-3)51(37-54(50)61-11)46(41-60)39-56(5,6)7/h28-31,34-39,43H,12-27,32-33,42H2,1-11H3/b45-34+,46-39+. The molecule has 0 heterocycles. The molecule has 3 aromatic carbocycles. The van der Waals surface area contributed by atoms with Gasteiger partial charge in [0.05, 0.1) is 37.0 Å². The lowest BCUT2D eigenvalue weighted by Crippen LogP contribution is -2.26. The van der Waals surface area contributed by atoms with Gasteiger partial charge in [-0.3, -0.25) is 0 Å². The van der Waals surface area contributed by atoms with Gasteiger partial charge >= 0.3 is 0 Å². The van der Waals surface area contributed by atoms with Crippen LogP contribution in [0.2, 0.25) is 0 Å². The summed E-state index contributed by atoms with van der Waals surface area (Å²) in [6.07, 6.45) is 26.0. The molecular weight excluding hydrogens is 757 g/mol. The van der Waals surface area contributed by atoms with Gasteiger partial charge in [-0.1, -0.05) is 208 Å². The van der Waals surface area contributed by atoms with Crippen molar-refractivity contribution in [3.05, 3.63) is 88.0 Å². The SMILES string of the molecule is CCCCCCCCC1(CCCCCCCC)c2cc(/C=C(\C#N)c3cc(OCC(CC)CCCC)c(/C(C#N)=C/C(C)(C)C)cc3OC)ccc2-c2ccc(C(C)(C)C)cc21. The first kappa shape index (κ1) is 50.4. The lowest BCUT2D eigenvalue weighted by Gasteiger charge is -2.34. The van der Waals surface area contributed by atoms with E-state index >= 15 is 0 Å². The van der Waals surface area contributed by atoms with Crippen molar-refractivity contribution in [1.82, 2.24) is 0 Å². The van der Waals surface area contributed by atoms with E-state index in [-0.39, 0.29) is 16.2 Å². The summed E-state index contributed by atoms with van der Waals surface area (Å²) in [5.74, 6) is 1.57. The molecule has 1 unspecified atom stereocenters. The Bertz CT molecular complexity index is 2020. The number of fused-ring (bicyclic) bond motifs is 3. The van der Waals surface area contributed by atoms with Crippen LogP contribution in [0, 0.1) is 34.0 Å². The highest BCUT2D eigenvalue weighted by atomic mass is 16.5. The molecule has 0 saturated carbocycles. The van der Waals surface area contributed by atoms with Gasteiger partial charge in [0.15, 0.2) is 0 Å². The van der Waals surface area contributed by atoms with E-state index in [4.69, 9.17) is 9.47 Å². The zero-order valence-electron chi connectivity index (χ0n) is 41.0. The van der Waals surface area contributed by atoms with Crippen LogP contribution in [-0.4, -0.2) is 13.7 Å². The van der Waals surface area contributed by atoms with E-state index in [1.807, 2.05) is 24.3 Å². The van der Waals surface area contributed by atoms with Gasteiger partial charge in [-0.25, -0.2) is 0 Å². The molecule has 336 valence electrons. The topological polar surface area (TPSA) is 66.0 Å². The first-order chi connectivity index (χ1) is 29.7.